The van der Waals surface area contributed by atoms with E-state index in [1.54, 1.807) is 0 Å². The van der Waals surface area contributed by atoms with Gasteiger partial charge in [-0.25, -0.2) is 0 Å². The van der Waals surface area contributed by atoms with Crippen molar-refractivity contribution >= 4 is 0 Å². The molecule has 3 heteroatoms. The van der Waals surface area contributed by atoms with Gasteiger partial charge in [-0.2, -0.15) is 5.26 Å². The molecule has 0 spiro atoms. The van der Waals surface area contributed by atoms with E-state index in [0.29, 0.717) is 18.4 Å². The Labute approximate surface area is 74.1 Å². The number of nitriles is 1. The zero-order chi connectivity index (χ0) is 8.97. The van der Waals surface area contributed by atoms with Crippen molar-refractivity contribution in [1.82, 2.24) is 4.90 Å². The predicted molar refractivity (Wildman–Crippen MR) is 48.4 cm³/mol. The Balaban J connectivity index is 2.31. The van der Waals surface area contributed by atoms with Crippen molar-refractivity contribution < 1.29 is 0 Å². The van der Waals surface area contributed by atoms with Gasteiger partial charge in [-0.15, -0.1) is 0 Å². The third kappa shape index (κ3) is 2.20. The first-order chi connectivity index (χ1) is 5.77. The van der Waals surface area contributed by atoms with Crippen molar-refractivity contribution in [2.45, 2.75) is 25.8 Å². The van der Waals surface area contributed by atoms with Crippen molar-refractivity contribution in [2.24, 2.45) is 11.7 Å². The Morgan fingerprint density at radius 1 is 1.75 bits per heavy atom. The normalized spacial score (nSPS) is 26.9. The van der Waals surface area contributed by atoms with Gasteiger partial charge in [0.2, 0.25) is 0 Å². The Hall–Kier alpha value is -0.590. The van der Waals surface area contributed by atoms with E-state index >= 15 is 0 Å². The summed E-state index contributed by atoms with van der Waals surface area (Å²) in [6.45, 7) is 5.10. The lowest BCUT2D eigenvalue weighted by Crippen LogP contribution is -2.31. The van der Waals surface area contributed by atoms with Crippen LogP contribution in [0.4, 0.5) is 0 Å². The van der Waals surface area contributed by atoms with Gasteiger partial charge in [0.25, 0.3) is 0 Å². The zero-order valence-electron chi connectivity index (χ0n) is 7.66. The van der Waals surface area contributed by atoms with Crippen molar-refractivity contribution in [1.29, 1.82) is 5.26 Å². The van der Waals surface area contributed by atoms with Gasteiger partial charge in [0.05, 0.1) is 12.5 Å². The summed E-state index contributed by atoms with van der Waals surface area (Å²) in [5.74, 6) is 0.658. The van der Waals surface area contributed by atoms with Crippen LogP contribution >= 0.6 is 0 Å². The quantitative estimate of drug-likeness (QED) is 0.668. The van der Waals surface area contributed by atoms with Gasteiger partial charge in [-0.1, -0.05) is 0 Å². The summed E-state index contributed by atoms with van der Waals surface area (Å²) in [5.41, 5.74) is 5.58. The highest BCUT2D eigenvalue weighted by Crippen LogP contribution is 2.18. The van der Waals surface area contributed by atoms with Crippen LogP contribution in [0.5, 0.6) is 0 Å². The molecule has 2 unspecified atom stereocenters. The summed E-state index contributed by atoms with van der Waals surface area (Å²) in [5, 5.41) is 8.52. The Morgan fingerprint density at radius 3 is 3.00 bits per heavy atom. The summed E-state index contributed by atoms with van der Waals surface area (Å²) in [4.78, 5) is 2.36. The molecule has 1 fully saturated rings. The molecule has 1 heterocycles. The van der Waals surface area contributed by atoms with Crippen LogP contribution < -0.4 is 5.73 Å². The van der Waals surface area contributed by atoms with E-state index in [4.69, 9.17) is 11.0 Å². The maximum Gasteiger partial charge on any atom is 0.0638 e. The number of likely N-dealkylation sites (tertiary alicyclic amines) is 1. The average molecular weight is 167 g/mol. The van der Waals surface area contributed by atoms with Crippen molar-refractivity contribution in [3.05, 3.63) is 0 Å². The lowest BCUT2D eigenvalue weighted by atomic mass is 10.1. The minimum atomic E-state index is 0.409. The molecule has 1 aliphatic rings. The first-order valence-electron chi connectivity index (χ1n) is 4.59. The van der Waals surface area contributed by atoms with Crippen LogP contribution in [-0.2, 0) is 0 Å². The molecular weight excluding hydrogens is 150 g/mol. The summed E-state index contributed by atoms with van der Waals surface area (Å²) in [6, 6.07) is 2.61. The molecule has 0 aromatic carbocycles. The van der Waals surface area contributed by atoms with Crippen molar-refractivity contribution in [2.75, 3.05) is 19.6 Å². The van der Waals surface area contributed by atoms with Crippen LogP contribution in [0.1, 0.15) is 19.8 Å². The molecule has 0 aromatic heterocycles. The molecule has 0 aliphatic carbocycles. The molecule has 1 aliphatic heterocycles. The van der Waals surface area contributed by atoms with Gasteiger partial charge >= 0.3 is 0 Å². The second-order valence-electron chi connectivity index (χ2n) is 3.60. The van der Waals surface area contributed by atoms with Crippen LogP contribution in [0, 0.1) is 17.2 Å². The third-order valence-electron chi connectivity index (χ3n) is 2.66. The molecule has 2 atom stereocenters. The highest BCUT2D eigenvalue weighted by Gasteiger charge is 2.24. The van der Waals surface area contributed by atoms with E-state index in [1.807, 2.05) is 0 Å². The maximum absolute atomic E-state index is 8.52. The molecule has 0 amide bonds. The van der Waals surface area contributed by atoms with Crippen LogP contribution in [0.3, 0.4) is 0 Å². The molecule has 0 aromatic rings. The number of nitrogens with zero attached hydrogens (tertiary/aromatic N) is 2. The lowest BCUT2D eigenvalue weighted by molar-refractivity contribution is 0.253. The highest BCUT2D eigenvalue weighted by molar-refractivity contribution is 4.85. The molecule has 3 nitrogen and oxygen atoms in total. The molecule has 12 heavy (non-hydrogen) atoms. The fourth-order valence-electron chi connectivity index (χ4n) is 1.72. The molecular formula is C9H17N3. The monoisotopic (exact) mass is 167 g/mol. The van der Waals surface area contributed by atoms with Crippen molar-refractivity contribution in [3.8, 4) is 6.07 Å². The van der Waals surface area contributed by atoms with E-state index in [2.05, 4.69) is 17.9 Å². The largest absolute Gasteiger partial charge is 0.330 e. The summed E-state index contributed by atoms with van der Waals surface area (Å²) in [6.07, 6.45) is 1.84. The number of hydrogen-bond donors (Lipinski definition) is 1. The van der Waals surface area contributed by atoms with Gasteiger partial charge in [0.1, 0.15) is 0 Å². The third-order valence-corrected chi connectivity index (χ3v) is 2.66. The van der Waals surface area contributed by atoms with Gasteiger partial charge in [-0.05, 0) is 32.4 Å². The number of nitrogens with two attached hydrogens (primary N) is 1. The minimum Gasteiger partial charge on any atom is -0.330 e. The molecule has 1 rings (SSSR count). The van der Waals surface area contributed by atoms with E-state index < -0.39 is 0 Å². The average Bonchev–Trinajstić information content (AvgIpc) is 2.52. The number of rotatable bonds is 3. The standard InChI is InChI=1S/C9H17N3/c1-8(2-4-10)12-5-3-9(6-11)7-12/h8-9H,2-3,5-7,11H2,1H3. The first-order valence-corrected chi connectivity index (χ1v) is 4.59. The van der Waals surface area contributed by atoms with E-state index in [-0.39, 0.29) is 0 Å². The van der Waals surface area contributed by atoms with Gasteiger partial charge in [0, 0.05) is 12.6 Å². The van der Waals surface area contributed by atoms with Crippen LogP contribution in [0.15, 0.2) is 0 Å². The number of hydrogen-bond acceptors (Lipinski definition) is 3. The van der Waals surface area contributed by atoms with Crippen LogP contribution in [-0.4, -0.2) is 30.6 Å². The molecule has 0 radical (unpaired) electrons. The van der Waals surface area contributed by atoms with Crippen LogP contribution in [0.25, 0.3) is 0 Å². The molecule has 0 bridgehead atoms. The fraction of sp³-hybridized carbons (Fsp3) is 0.889. The maximum atomic E-state index is 8.52. The molecule has 0 saturated carbocycles. The van der Waals surface area contributed by atoms with Gasteiger partial charge in [-0.3, -0.25) is 4.90 Å². The first kappa shape index (κ1) is 9.50. The van der Waals surface area contributed by atoms with Gasteiger partial charge in [0.15, 0.2) is 0 Å². The van der Waals surface area contributed by atoms with Crippen molar-refractivity contribution in [3.63, 3.8) is 0 Å². The fourth-order valence-corrected chi connectivity index (χ4v) is 1.72. The zero-order valence-corrected chi connectivity index (χ0v) is 7.66. The summed E-state index contributed by atoms with van der Waals surface area (Å²) >= 11 is 0. The predicted octanol–water partition coefficient (Wildman–Crippen LogP) is 0.569. The molecule has 1 saturated heterocycles. The molecule has 68 valence electrons. The Bertz CT molecular complexity index is 173. The summed E-state index contributed by atoms with van der Waals surface area (Å²) in [7, 11) is 0. The topological polar surface area (TPSA) is 53.0 Å². The van der Waals surface area contributed by atoms with Crippen LogP contribution in [0.2, 0.25) is 0 Å². The highest BCUT2D eigenvalue weighted by atomic mass is 15.2. The smallest absolute Gasteiger partial charge is 0.0638 e. The SMILES string of the molecule is CC(CC#N)N1CCC(CN)C1. The van der Waals surface area contributed by atoms with E-state index in [0.717, 1.165) is 19.6 Å². The molecule has 2 N–H and O–H groups in total. The Morgan fingerprint density at radius 2 is 2.50 bits per heavy atom. The minimum absolute atomic E-state index is 0.409. The Kier molecular flexibility index (Phi) is 3.51. The second-order valence-corrected chi connectivity index (χ2v) is 3.60. The van der Waals surface area contributed by atoms with E-state index in [9.17, 15) is 0 Å². The second kappa shape index (κ2) is 4.44. The summed E-state index contributed by atoms with van der Waals surface area (Å²) < 4.78 is 0. The lowest BCUT2D eigenvalue weighted by Gasteiger charge is -2.21. The van der Waals surface area contributed by atoms with Gasteiger partial charge < -0.3 is 5.73 Å². The van der Waals surface area contributed by atoms with E-state index in [1.165, 1.54) is 6.42 Å².